The minimum absolute atomic E-state index is 0.101. The molecule has 0 unspecified atom stereocenters. The van der Waals surface area contributed by atoms with Gasteiger partial charge in [-0.3, -0.25) is 4.79 Å². The van der Waals surface area contributed by atoms with Crippen LogP contribution in [0.3, 0.4) is 0 Å². The van der Waals surface area contributed by atoms with Gasteiger partial charge in [0.2, 0.25) is 5.91 Å². The third kappa shape index (κ3) is 5.40. The molecule has 0 fully saturated rings. The first-order chi connectivity index (χ1) is 15.2. The van der Waals surface area contributed by atoms with E-state index in [0.717, 1.165) is 27.7 Å². The first-order valence-corrected chi connectivity index (χ1v) is 10.9. The van der Waals surface area contributed by atoms with Gasteiger partial charge in [0.1, 0.15) is 23.8 Å². The zero-order valence-electron chi connectivity index (χ0n) is 17.1. The van der Waals surface area contributed by atoms with Crippen molar-refractivity contribution in [2.75, 3.05) is 19.5 Å². The molecular formula is C23H23N3O4S. The van der Waals surface area contributed by atoms with Crippen LogP contribution in [0.5, 0.6) is 11.5 Å². The predicted octanol–water partition coefficient (Wildman–Crippen LogP) is 4.13. The number of fused-ring (bicyclic) bond motifs is 1. The molecular weight excluding hydrogens is 414 g/mol. The maximum Gasteiger partial charge on any atom is 0.240 e. The Bertz CT molecular complexity index is 1120. The van der Waals surface area contributed by atoms with Crippen LogP contribution in [-0.2, 0) is 17.9 Å². The van der Waals surface area contributed by atoms with Gasteiger partial charge in [-0.05, 0) is 48.5 Å². The molecule has 0 spiro atoms. The van der Waals surface area contributed by atoms with E-state index in [1.807, 2.05) is 59.2 Å². The molecule has 0 bridgehead atoms. The topological polar surface area (TPSA) is 78.5 Å². The van der Waals surface area contributed by atoms with Crippen molar-refractivity contribution in [1.29, 1.82) is 0 Å². The average molecular weight is 438 g/mol. The second kappa shape index (κ2) is 10.1. The van der Waals surface area contributed by atoms with Crippen molar-refractivity contribution in [3.8, 4) is 11.5 Å². The monoisotopic (exact) mass is 437 g/mol. The van der Waals surface area contributed by atoms with Crippen molar-refractivity contribution in [3.05, 3.63) is 72.7 Å². The van der Waals surface area contributed by atoms with Crippen LogP contribution in [0.1, 0.15) is 5.76 Å². The van der Waals surface area contributed by atoms with Gasteiger partial charge >= 0.3 is 0 Å². The number of methoxy groups -OCH3 is 1. The Morgan fingerprint density at radius 3 is 2.68 bits per heavy atom. The normalized spacial score (nSPS) is 10.9. The summed E-state index contributed by atoms with van der Waals surface area (Å²) in [6.07, 6.45) is 1.59. The minimum Gasteiger partial charge on any atom is -0.497 e. The molecule has 0 saturated carbocycles. The van der Waals surface area contributed by atoms with Crippen molar-refractivity contribution in [2.24, 2.45) is 0 Å². The van der Waals surface area contributed by atoms with Gasteiger partial charge in [0.25, 0.3) is 0 Å². The minimum atomic E-state index is -0.101. The molecule has 4 aromatic rings. The van der Waals surface area contributed by atoms with Gasteiger partial charge in [-0.2, -0.15) is 0 Å². The van der Waals surface area contributed by atoms with Crippen molar-refractivity contribution in [2.45, 2.75) is 18.2 Å². The Balaban J connectivity index is 1.37. The number of benzene rings is 2. The fourth-order valence-corrected chi connectivity index (χ4v) is 3.91. The van der Waals surface area contributed by atoms with Crippen LogP contribution in [-0.4, -0.2) is 34.9 Å². The number of thioether (sulfide) groups is 1. The molecule has 31 heavy (non-hydrogen) atoms. The molecule has 2 heterocycles. The lowest BCUT2D eigenvalue weighted by Gasteiger charge is -2.10. The first kappa shape index (κ1) is 20.9. The third-order valence-electron chi connectivity index (χ3n) is 4.60. The summed E-state index contributed by atoms with van der Waals surface area (Å²) in [7, 11) is 1.63. The van der Waals surface area contributed by atoms with E-state index in [4.69, 9.17) is 18.9 Å². The quantitative estimate of drug-likeness (QED) is 0.297. The van der Waals surface area contributed by atoms with Gasteiger partial charge in [-0.15, -0.1) is 0 Å². The SMILES string of the molecule is COc1ccc(OCCSc2nc3ccccc3n2CC(=O)NCc2ccco2)cc1. The number of para-hydroxylation sites is 2. The molecule has 7 nitrogen and oxygen atoms in total. The molecule has 160 valence electrons. The van der Waals surface area contributed by atoms with Gasteiger partial charge in [-0.25, -0.2) is 4.98 Å². The lowest BCUT2D eigenvalue weighted by Crippen LogP contribution is -2.27. The predicted molar refractivity (Wildman–Crippen MR) is 120 cm³/mol. The molecule has 8 heteroatoms. The van der Waals surface area contributed by atoms with Crippen LogP contribution < -0.4 is 14.8 Å². The number of aromatic nitrogens is 2. The zero-order chi connectivity index (χ0) is 21.5. The van der Waals surface area contributed by atoms with E-state index in [9.17, 15) is 4.79 Å². The van der Waals surface area contributed by atoms with Crippen LogP contribution in [0.15, 0.2) is 76.5 Å². The van der Waals surface area contributed by atoms with Gasteiger partial charge in [-0.1, -0.05) is 23.9 Å². The molecule has 1 amide bonds. The van der Waals surface area contributed by atoms with E-state index >= 15 is 0 Å². The van der Waals surface area contributed by atoms with E-state index in [1.54, 1.807) is 31.2 Å². The number of furan rings is 1. The molecule has 2 aromatic carbocycles. The Kier molecular flexibility index (Phi) is 6.78. The van der Waals surface area contributed by atoms with Crippen molar-refractivity contribution >= 4 is 28.7 Å². The maximum atomic E-state index is 12.5. The summed E-state index contributed by atoms with van der Waals surface area (Å²) in [5.74, 6) is 2.89. The van der Waals surface area contributed by atoms with Gasteiger partial charge in [0.15, 0.2) is 5.16 Å². The van der Waals surface area contributed by atoms with Gasteiger partial charge < -0.3 is 23.8 Å². The number of nitrogens with zero attached hydrogens (tertiary/aromatic N) is 2. The largest absolute Gasteiger partial charge is 0.497 e. The molecule has 2 aromatic heterocycles. The summed E-state index contributed by atoms with van der Waals surface area (Å²) < 4.78 is 18.2. The summed E-state index contributed by atoms with van der Waals surface area (Å²) in [4.78, 5) is 17.2. The van der Waals surface area contributed by atoms with E-state index in [2.05, 4.69) is 5.32 Å². The molecule has 0 aliphatic carbocycles. The van der Waals surface area contributed by atoms with E-state index in [0.29, 0.717) is 24.7 Å². The van der Waals surface area contributed by atoms with Crippen molar-refractivity contribution in [3.63, 3.8) is 0 Å². The Morgan fingerprint density at radius 2 is 1.90 bits per heavy atom. The highest BCUT2D eigenvalue weighted by Crippen LogP contribution is 2.24. The smallest absolute Gasteiger partial charge is 0.240 e. The number of carbonyl (C=O) groups is 1. The number of carbonyl (C=O) groups excluding carboxylic acids is 1. The van der Waals surface area contributed by atoms with Crippen molar-refractivity contribution in [1.82, 2.24) is 14.9 Å². The van der Waals surface area contributed by atoms with E-state index in [1.165, 1.54) is 0 Å². The number of hydrogen-bond donors (Lipinski definition) is 1. The molecule has 0 radical (unpaired) electrons. The fraction of sp³-hybridized carbons (Fsp3) is 0.217. The summed E-state index contributed by atoms with van der Waals surface area (Å²) in [5, 5.41) is 3.67. The van der Waals surface area contributed by atoms with E-state index in [-0.39, 0.29) is 12.5 Å². The summed E-state index contributed by atoms with van der Waals surface area (Å²) >= 11 is 1.56. The van der Waals surface area contributed by atoms with Crippen molar-refractivity contribution < 1.29 is 18.7 Å². The van der Waals surface area contributed by atoms with Crippen LogP contribution in [0.25, 0.3) is 11.0 Å². The molecule has 0 aliphatic rings. The highest BCUT2D eigenvalue weighted by molar-refractivity contribution is 7.99. The molecule has 1 N–H and O–H groups in total. The maximum absolute atomic E-state index is 12.5. The summed E-state index contributed by atoms with van der Waals surface area (Å²) in [5.41, 5.74) is 1.79. The summed E-state index contributed by atoms with van der Waals surface area (Å²) in [6, 6.07) is 18.9. The number of rotatable bonds is 10. The Labute approximate surface area is 184 Å². The lowest BCUT2D eigenvalue weighted by molar-refractivity contribution is -0.122. The van der Waals surface area contributed by atoms with E-state index < -0.39 is 0 Å². The fourth-order valence-electron chi connectivity index (χ4n) is 3.08. The number of amides is 1. The third-order valence-corrected chi connectivity index (χ3v) is 5.54. The standard InChI is InChI=1S/C23H23N3O4S/c1-28-17-8-10-18(11-9-17)30-13-14-31-23-25-20-6-2-3-7-21(20)26(23)16-22(27)24-15-19-5-4-12-29-19/h2-12H,13-16H2,1H3,(H,24,27). The Morgan fingerprint density at radius 1 is 1.10 bits per heavy atom. The molecule has 0 aliphatic heterocycles. The van der Waals surface area contributed by atoms with Gasteiger partial charge in [0.05, 0.1) is 37.6 Å². The van der Waals surface area contributed by atoms with Gasteiger partial charge in [0, 0.05) is 5.75 Å². The van der Waals surface area contributed by atoms with Crippen LogP contribution in [0.2, 0.25) is 0 Å². The Hall–Kier alpha value is -3.39. The zero-order valence-corrected chi connectivity index (χ0v) is 17.9. The number of ether oxygens (including phenoxy) is 2. The highest BCUT2D eigenvalue weighted by Gasteiger charge is 2.14. The second-order valence-electron chi connectivity index (χ2n) is 6.70. The van der Waals surface area contributed by atoms with Crippen LogP contribution in [0, 0.1) is 0 Å². The highest BCUT2D eigenvalue weighted by atomic mass is 32.2. The first-order valence-electron chi connectivity index (χ1n) is 9.87. The molecule has 4 rings (SSSR count). The number of nitrogens with one attached hydrogen (secondary N) is 1. The molecule has 0 atom stereocenters. The summed E-state index contributed by atoms with van der Waals surface area (Å²) in [6.45, 7) is 1.06. The number of imidazole rings is 1. The lowest BCUT2D eigenvalue weighted by atomic mass is 10.3. The van der Waals surface area contributed by atoms with Crippen LogP contribution in [0.4, 0.5) is 0 Å². The second-order valence-corrected chi connectivity index (χ2v) is 7.76. The number of hydrogen-bond acceptors (Lipinski definition) is 6. The molecule has 0 saturated heterocycles. The van der Waals surface area contributed by atoms with Crippen LogP contribution >= 0.6 is 11.8 Å². The average Bonchev–Trinajstić information content (AvgIpc) is 3.44.